The molecule has 2 aromatic rings. The van der Waals surface area contributed by atoms with Gasteiger partial charge in [-0.25, -0.2) is 0 Å². The average Bonchev–Trinajstić information content (AvgIpc) is 2.70. The van der Waals surface area contributed by atoms with Crippen LogP contribution in [0.25, 0.3) is 11.3 Å². The van der Waals surface area contributed by atoms with Gasteiger partial charge in [-0.1, -0.05) is 15.9 Å². The predicted octanol–water partition coefficient (Wildman–Crippen LogP) is 4.13. The third-order valence-corrected chi connectivity index (χ3v) is 3.30. The van der Waals surface area contributed by atoms with Crippen LogP contribution in [0.1, 0.15) is 10.6 Å². The topological polar surface area (TPSA) is 30.2 Å². The molecule has 0 spiro atoms. The zero-order valence-corrected chi connectivity index (χ0v) is 11.3. The minimum absolute atomic E-state index is 0.343. The second kappa shape index (κ2) is 4.49. The lowest BCUT2D eigenvalue weighted by atomic mass is 10.2. The van der Waals surface area contributed by atoms with Gasteiger partial charge in [-0.15, -0.1) is 0 Å². The van der Waals surface area contributed by atoms with Gasteiger partial charge in [0, 0.05) is 13.6 Å². The first-order chi connectivity index (χ1) is 7.20. The molecule has 2 rings (SSSR count). The van der Waals surface area contributed by atoms with Gasteiger partial charge in [-0.05, 0) is 52.9 Å². The quantitative estimate of drug-likeness (QED) is 0.582. The van der Waals surface area contributed by atoms with Gasteiger partial charge in [-0.3, -0.25) is 4.79 Å². The summed E-state index contributed by atoms with van der Waals surface area (Å²) < 4.78 is 7.43. The van der Waals surface area contributed by atoms with Crippen molar-refractivity contribution < 1.29 is 9.21 Å². The summed E-state index contributed by atoms with van der Waals surface area (Å²) in [5.41, 5.74) is 0.954. The maximum atomic E-state index is 10.5. The molecule has 0 unspecified atom stereocenters. The molecule has 0 aliphatic heterocycles. The highest BCUT2D eigenvalue weighted by Crippen LogP contribution is 2.30. The SMILES string of the molecule is O=Cc1ccc(-c2cc(I)ccc2Br)o1. The lowest BCUT2D eigenvalue weighted by Crippen LogP contribution is -1.79. The van der Waals surface area contributed by atoms with Gasteiger partial charge in [0.15, 0.2) is 12.0 Å². The van der Waals surface area contributed by atoms with Crippen LogP contribution in [-0.2, 0) is 0 Å². The van der Waals surface area contributed by atoms with E-state index < -0.39 is 0 Å². The van der Waals surface area contributed by atoms with Gasteiger partial charge in [-0.2, -0.15) is 0 Å². The van der Waals surface area contributed by atoms with Crippen LogP contribution in [0.3, 0.4) is 0 Å². The minimum atomic E-state index is 0.343. The molecule has 0 N–H and O–H groups in total. The van der Waals surface area contributed by atoms with Crippen molar-refractivity contribution in [1.82, 2.24) is 0 Å². The zero-order chi connectivity index (χ0) is 10.8. The third-order valence-electron chi connectivity index (χ3n) is 1.94. The van der Waals surface area contributed by atoms with Crippen LogP contribution < -0.4 is 0 Å². The second-order valence-corrected chi connectivity index (χ2v) is 5.04. The molecule has 0 aliphatic carbocycles. The molecule has 0 fully saturated rings. The number of aldehydes is 1. The highest BCUT2D eigenvalue weighted by atomic mass is 127. The normalized spacial score (nSPS) is 10.3. The molecule has 0 saturated heterocycles. The van der Waals surface area contributed by atoms with Crippen molar-refractivity contribution in [3.8, 4) is 11.3 Å². The summed E-state index contributed by atoms with van der Waals surface area (Å²) in [5.74, 6) is 1.04. The molecule has 0 radical (unpaired) electrons. The van der Waals surface area contributed by atoms with E-state index in [9.17, 15) is 4.79 Å². The number of furan rings is 1. The number of rotatable bonds is 2. The first-order valence-electron chi connectivity index (χ1n) is 4.21. The van der Waals surface area contributed by atoms with Crippen LogP contribution in [0.2, 0.25) is 0 Å². The van der Waals surface area contributed by atoms with E-state index in [2.05, 4.69) is 38.5 Å². The number of halogens is 2. The summed E-state index contributed by atoms with van der Waals surface area (Å²) in [6.07, 6.45) is 0.700. The van der Waals surface area contributed by atoms with Crippen molar-refractivity contribution in [2.24, 2.45) is 0 Å². The summed E-state index contributed by atoms with van der Waals surface area (Å²) >= 11 is 5.68. The molecule has 0 saturated carbocycles. The summed E-state index contributed by atoms with van der Waals surface area (Å²) in [4.78, 5) is 10.5. The Hall–Kier alpha value is -0.620. The fraction of sp³-hybridized carbons (Fsp3) is 0. The maximum Gasteiger partial charge on any atom is 0.185 e. The van der Waals surface area contributed by atoms with Crippen LogP contribution in [0, 0.1) is 3.57 Å². The highest BCUT2D eigenvalue weighted by molar-refractivity contribution is 14.1. The Bertz CT molecular complexity index is 505. The molecule has 4 heteroatoms. The van der Waals surface area contributed by atoms with Crippen LogP contribution >= 0.6 is 38.5 Å². The van der Waals surface area contributed by atoms with Crippen molar-refractivity contribution in [3.63, 3.8) is 0 Å². The third kappa shape index (κ3) is 2.31. The van der Waals surface area contributed by atoms with E-state index in [0.29, 0.717) is 17.8 Å². The predicted molar refractivity (Wildman–Crippen MR) is 69.9 cm³/mol. The fourth-order valence-electron chi connectivity index (χ4n) is 1.25. The molecular weight excluding hydrogens is 371 g/mol. The lowest BCUT2D eigenvalue weighted by Gasteiger charge is -2.01. The average molecular weight is 377 g/mol. The first-order valence-corrected chi connectivity index (χ1v) is 6.08. The van der Waals surface area contributed by atoms with Gasteiger partial charge in [0.05, 0.1) is 0 Å². The van der Waals surface area contributed by atoms with Crippen molar-refractivity contribution in [3.05, 3.63) is 44.1 Å². The van der Waals surface area contributed by atoms with E-state index in [1.54, 1.807) is 12.1 Å². The summed E-state index contributed by atoms with van der Waals surface area (Å²) in [6, 6.07) is 9.41. The van der Waals surface area contributed by atoms with E-state index >= 15 is 0 Å². The van der Waals surface area contributed by atoms with Crippen molar-refractivity contribution in [2.75, 3.05) is 0 Å². The Morgan fingerprint density at radius 2 is 2.07 bits per heavy atom. The van der Waals surface area contributed by atoms with Crippen LogP contribution in [0.5, 0.6) is 0 Å². The molecule has 76 valence electrons. The van der Waals surface area contributed by atoms with Crippen LogP contribution in [0.4, 0.5) is 0 Å². The smallest absolute Gasteiger partial charge is 0.185 e. The molecular formula is C11H6BrIO2. The Kier molecular flexibility index (Phi) is 3.25. The molecule has 0 bridgehead atoms. The van der Waals surface area contributed by atoms with E-state index in [-0.39, 0.29) is 0 Å². The van der Waals surface area contributed by atoms with Gasteiger partial charge in [0.2, 0.25) is 0 Å². The number of carbonyl (C=O) groups is 1. The zero-order valence-electron chi connectivity index (χ0n) is 7.54. The summed E-state index contributed by atoms with van der Waals surface area (Å²) in [7, 11) is 0. The molecule has 0 amide bonds. The van der Waals surface area contributed by atoms with Crippen molar-refractivity contribution in [1.29, 1.82) is 0 Å². The molecule has 0 aliphatic rings. The van der Waals surface area contributed by atoms with Gasteiger partial charge >= 0.3 is 0 Å². The van der Waals surface area contributed by atoms with Crippen molar-refractivity contribution in [2.45, 2.75) is 0 Å². The highest BCUT2D eigenvalue weighted by Gasteiger charge is 2.08. The van der Waals surface area contributed by atoms with Gasteiger partial charge in [0.25, 0.3) is 0 Å². The minimum Gasteiger partial charge on any atom is -0.453 e. The molecule has 15 heavy (non-hydrogen) atoms. The largest absolute Gasteiger partial charge is 0.453 e. The standard InChI is InChI=1S/C11H6BrIO2/c12-10-3-1-7(13)5-9(10)11-4-2-8(6-14)15-11/h1-6H. The Morgan fingerprint density at radius 1 is 1.27 bits per heavy atom. The lowest BCUT2D eigenvalue weighted by molar-refractivity contribution is 0.110. The first kappa shape index (κ1) is 10.9. The van der Waals surface area contributed by atoms with Gasteiger partial charge in [0.1, 0.15) is 5.76 Å². The number of hydrogen-bond donors (Lipinski definition) is 0. The number of hydrogen-bond acceptors (Lipinski definition) is 2. The molecule has 2 nitrogen and oxygen atoms in total. The van der Waals surface area contributed by atoms with E-state index in [0.717, 1.165) is 13.6 Å². The monoisotopic (exact) mass is 376 g/mol. The number of carbonyl (C=O) groups excluding carboxylic acids is 1. The summed E-state index contributed by atoms with van der Waals surface area (Å²) in [6.45, 7) is 0. The maximum absolute atomic E-state index is 10.5. The van der Waals surface area contributed by atoms with Crippen molar-refractivity contribution >= 4 is 44.8 Å². The number of benzene rings is 1. The van der Waals surface area contributed by atoms with E-state index in [1.165, 1.54) is 0 Å². The fourth-order valence-corrected chi connectivity index (χ4v) is 2.18. The van der Waals surface area contributed by atoms with Crippen LogP contribution in [-0.4, -0.2) is 6.29 Å². The Labute approximate surface area is 109 Å². The Morgan fingerprint density at radius 3 is 2.73 bits per heavy atom. The van der Waals surface area contributed by atoms with Crippen LogP contribution in [0.15, 0.2) is 39.2 Å². The second-order valence-electron chi connectivity index (χ2n) is 2.94. The summed E-state index contributed by atoms with van der Waals surface area (Å²) in [5, 5.41) is 0. The molecule has 1 aromatic heterocycles. The molecule has 1 heterocycles. The van der Waals surface area contributed by atoms with Gasteiger partial charge < -0.3 is 4.42 Å². The molecule has 0 atom stereocenters. The molecule has 1 aromatic carbocycles. The van der Waals surface area contributed by atoms with E-state index in [4.69, 9.17) is 4.42 Å². The Balaban J connectivity index is 2.52. The van der Waals surface area contributed by atoms with E-state index in [1.807, 2.05) is 18.2 Å².